The number of hydrogen-bond acceptors (Lipinski definition) is 2. The number of halogens is 1. The number of imidazole rings is 1. The topological polar surface area (TPSA) is 31.9 Å². The van der Waals surface area contributed by atoms with Gasteiger partial charge in [0.1, 0.15) is 5.82 Å². The zero-order chi connectivity index (χ0) is 14.9. The van der Waals surface area contributed by atoms with Gasteiger partial charge in [0.05, 0.1) is 11.0 Å². The first-order chi connectivity index (χ1) is 10.8. The molecule has 112 valence electrons. The lowest BCUT2D eigenvalue weighted by molar-refractivity contribution is 0.326. The Balaban J connectivity index is 1.47. The van der Waals surface area contributed by atoms with E-state index < -0.39 is 0 Å². The van der Waals surface area contributed by atoms with Crippen LogP contribution < -0.4 is 0 Å². The van der Waals surface area contributed by atoms with Gasteiger partial charge < -0.3 is 4.98 Å². The van der Waals surface area contributed by atoms with Crippen molar-refractivity contribution in [2.24, 2.45) is 0 Å². The van der Waals surface area contributed by atoms with Crippen LogP contribution in [0.25, 0.3) is 11.0 Å². The molecule has 1 unspecified atom stereocenters. The summed E-state index contributed by atoms with van der Waals surface area (Å²) in [4.78, 5) is 10.7. The number of rotatable bonds is 3. The highest BCUT2D eigenvalue weighted by atomic mass is 35.5. The van der Waals surface area contributed by atoms with Gasteiger partial charge in [0, 0.05) is 24.0 Å². The number of nitrogens with zero attached hydrogens (tertiary/aromatic N) is 2. The van der Waals surface area contributed by atoms with Crippen LogP contribution in [0.1, 0.15) is 23.7 Å². The first-order valence-corrected chi connectivity index (χ1v) is 8.07. The van der Waals surface area contributed by atoms with Gasteiger partial charge in [0.15, 0.2) is 0 Å². The third kappa shape index (κ3) is 2.74. The minimum Gasteiger partial charge on any atom is -0.342 e. The number of hydrogen-bond donors (Lipinski definition) is 1. The number of fused-ring (bicyclic) bond motifs is 1. The molecule has 2 aromatic carbocycles. The summed E-state index contributed by atoms with van der Waals surface area (Å²) < 4.78 is 0. The second-order valence-corrected chi connectivity index (χ2v) is 6.43. The molecule has 1 fully saturated rings. The fourth-order valence-corrected chi connectivity index (χ4v) is 3.47. The first-order valence-electron chi connectivity index (χ1n) is 7.69. The van der Waals surface area contributed by atoms with E-state index in [0.29, 0.717) is 5.92 Å². The molecule has 0 spiro atoms. The molecular weight excluding hydrogens is 294 g/mol. The Morgan fingerprint density at radius 3 is 2.95 bits per heavy atom. The largest absolute Gasteiger partial charge is 0.342 e. The van der Waals surface area contributed by atoms with E-state index in [1.165, 1.54) is 5.56 Å². The van der Waals surface area contributed by atoms with Crippen LogP contribution in [0.4, 0.5) is 0 Å². The molecule has 4 heteroatoms. The molecule has 2 heterocycles. The van der Waals surface area contributed by atoms with Crippen LogP contribution >= 0.6 is 11.6 Å². The maximum absolute atomic E-state index is 6.07. The van der Waals surface area contributed by atoms with E-state index >= 15 is 0 Å². The molecule has 1 saturated heterocycles. The highest BCUT2D eigenvalue weighted by Crippen LogP contribution is 2.28. The Hall–Kier alpha value is -1.84. The van der Waals surface area contributed by atoms with Crippen molar-refractivity contribution in [3.8, 4) is 0 Å². The minimum absolute atomic E-state index is 0.492. The van der Waals surface area contributed by atoms with Crippen molar-refractivity contribution in [1.29, 1.82) is 0 Å². The Morgan fingerprint density at radius 2 is 2.09 bits per heavy atom. The van der Waals surface area contributed by atoms with Gasteiger partial charge in [0.25, 0.3) is 0 Å². The van der Waals surface area contributed by atoms with Gasteiger partial charge in [-0.3, -0.25) is 4.90 Å². The summed E-state index contributed by atoms with van der Waals surface area (Å²) in [7, 11) is 0. The van der Waals surface area contributed by atoms with Gasteiger partial charge in [-0.05, 0) is 42.8 Å². The van der Waals surface area contributed by atoms with Crippen molar-refractivity contribution < 1.29 is 0 Å². The normalized spacial score (nSPS) is 19.0. The number of likely N-dealkylation sites (tertiary alicyclic amines) is 1. The Labute approximate surface area is 134 Å². The maximum Gasteiger partial charge on any atom is 0.111 e. The summed E-state index contributed by atoms with van der Waals surface area (Å²) in [6.07, 6.45) is 1.15. The summed E-state index contributed by atoms with van der Waals surface area (Å²) in [6.45, 7) is 3.11. The third-order valence-electron chi connectivity index (χ3n) is 4.36. The summed E-state index contributed by atoms with van der Waals surface area (Å²) >= 11 is 6.07. The van der Waals surface area contributed by atoms with E-state index in [2.05, 4.69) is 34.1 Å². The van der Waals surface area contributed by atoms with E-state index in [0.717, 1.165) is 47.9 Å². The van der Waals surface area contributed by atoms with Crippen LogP contribution in [-0.2, 0) is 6.54 Å². The summed E-state index contributed by atoms with van der Waals surface area (Å²) in [5.41, 5.74) is 3.47. The van der Waals surface area contributed by atoms with Crippen LogP contribution in [0.3, 0.4) is 0 Å². The van der Waals surface area contributed by atoms with Gasteiger partial charge >= 0.3 is 0 Å². The molecule has 3 nitrogen and oxygen atoms in total. The Kier molecular flexibility index (Phi) is 3.60. The van der Waals surface area contributed by atoms with E-state index in [1.54, 1.807) is 0 Å². The number of aromatic amines is 1. The van der Waals surface area contributed by atoms with Crippen LogP contribution in [0, 0.1) is 0 Å². The zero-order valence-corrected chi connectivity index (χ0v) is 13.1. The van der Waals surface area contributed by atoms with Crippen molar-refractivity contribution in [2.45, 2.75) is 18.9 Å². The second-order valence-electron chi connectivity index (χ2n) is 5.99. The monoisotopic (exact) mass is 311 g/mol. The Morgan fingerprint density at radius 1 is 1.18 bits per heavy atom. The maximum atomic E-state index is 6.07. The van der Waals surface area contributed by atoms with Gasteiger partial charge in [0.2, 0.25) is 0 Å². The lowest BCUT2D eigenvalue weighted by Crippen LogP contribution is -2.19. The van der Waals surface area contributed by atoms with Gasteiger partial charge in [-0.15, -0.1) is 0 Å². The van der Waals surface area contributed by atoms with Gasteiger partial charge in [-0.1, -0.05) is 35.9 Å². The molecule has 1 aliphatic heterocycles. The molecule has 0 radical (unpaired) electrons. The van der Waals surface area contributed by atoms with Gasteiger partial charge in [-0.25, -0.2) is 4.98 Å². The van der Waals surface area contributed by atoms with Crippen LogP contribution in [0.15, 0.2) is 48.5 Å². The number of H-pyrrole nitrogens is 1. The SMILES string of the molecule is Clc1cccc(CN2CCC(c3nc4ccccc4[nH]3)C2)c1. The van der Waals surface area contributed by atoms with E-state index in [-0.39, 0.29) is 0 Å². The summed E-state index contributed by atoms with van der Waals surface area (Å²) in [5.74, 6) is 1.61. The summed E-state index contributed by atoms with van der Waals surface area (Å²) in [5, 5.41) is 0.811. The molecule has 3 aromatic rings. The molecule has 22 heavy (non-hydrogen) atoms. The molecule has 0 bridgehead atoms. The van der Waals surface area contributed by atoms with Crippen molar-refractivity contribution in [3.63, 3.8) is 0 Å². The quantitative estimate of drug-likeness (QED) is 0.786. The predicted octanol–water partition coefficient (Wildman–Crippen LogP) is 4.21. The van der Waals surface area contributed by atoms with E-state index in [1.807, 2.05) is 24.3 Å². The van der Waals surface area contributed by atoms with Crippen molar-refractivity contribution in [3.05, 3.63) is 64.9 Å². The lowest BCUT2D eigenvalue weighted by Gasteiger charge is -2.15. The van der Waals surface area contributed by atoms with E-state index in [4.69, 9.17) is 16.6 Å². The van der Waals surface area contributed by atoms with Crippen LogP contribution in [0.2, 0.25) is 5.02 Å². The zero-order valence-electron chi connectivity index (χ0n) is 12.3. The van der Waals surface area contributed by atoms with Crippen LogP contribution in [0.5, 0.6) is 0 Å². The average Bonchev–Trinajstić information content (AvgIpc) is 3.13. The Bertz CT molecular complexity index is 763. The molecule has 1 aliphatic rings. The van der Waals surface area contributed by atoms with Crippen molar-refractivity contribution in [1.82, 2.24) is 14.9 Å². The molecule has 0 saturated carbocycles. The first kappa shape index (κ1) is 13.8. The molecule has 1 atom stereocenters. The van der Waals surface area contributed by atoms with Crippen molar-refractivity contribution >= 4 is 22.6 Å². The second kappa shape index (κ2) is 5.75. The number of benzene rings is 2. The van der Waals surface area contributed by atoms with Gasteiger partial charge in [-0.2, -0.15) is 0 Å². The summed E-state index contributed by atoms with van der Waals surface area (Å²) in [6, 6.07) is 16.4. The molecule has 0 amide bonds. The minimum atomic E-state index is 0.492. The average molecular weight is 312 g/mol. The molecular formula is C18H18ClN3. The van der Waals surface area contributed by atoms with Crippen molar-refractivity contribution in [2.75, 3.05) is 13.1 Å². The number of aromatic nitrogens is 2. The fourth-order valence-electron chi connectivity index (χ4n) is 3.26. The number of para-hydroxylation sites is 2. The molecule has 1 N–H and O–H groups in total. The molecule has 4 rings (SSSR count). The molecule has 0 aliphatic carbocycles. The lowest BCUT2D eigenvalue weighted by atomic mass is 10.1. The van der Waals surface area contributed by atoms with Crippen LogP contribution in [-0.4, -0.2) is 28.0 Å². The van der Waals surface area contributed by atoms with E-state index in [9.17, 15) is 0 Å². The highest BCUT2D eigenvalue weighted by Gasteiger charge is 2.26. The highest BCUT2D eigenvalue weighted by molar-refractivity contribution is 6.30. The fraction of sp³-hybridized carbons (Fsp3) is 0.278. The third-order valence-corrected chi connectivity index (χ3v) is 4.60. The number of nitrogens with one attached hydrogen (secondary N) is 1. The standard InChI is InChI=1S/C18H18ClN3/c19-15-5-3-4-13(10-15)11-22-9-8-14(12-22)18-20-16-6-1-2-7-17(16)21-18/h1-7,10,14H,8-9,11-12H2,(H,20,21). The smallest absolute Gasteiger partial charge is 0.111 e. The predicted molar refractivity (Wildman–Crippen MR) is 90.2 cm³/mol. The molecule has 1 aromatic heterocycles.